The molecule has 0 aliphatic rings. The van der Waals surface area contributed by atoms with Crippen LogP contribution < -0.4 is 10.2 Å². The molecule has 3 aromatic rings. The number of pyridine rings is 1. The van der Waals surface area contributed by atoms with Crippen molar-refractivity contribution < 1.29 is 4.74 Å². The van der Waals surface area contributed by atoms with Crippen molar-refractivity contribution in [3.8, 4) is 17.0 Å². The fourth-order valence-corrected chi connectivity index (χ4v) is 2.48. The van der Waals surface area contributed by atoms with E-state index in [-0.39, 0.29) is 5.43 Å². The first-order chi connectivity index (χ1) is 9.70. The standard InChI is InChI=1S/C16H12ClNO2/c1-20-14-8-7-11-13(19)9-12(18-16(11)15(14)17)10-5-3-2-4-6-10/h2-9H,1H3,(H,18,19). The van der Waals surface area contributed by atoms with Crippen molar-refractivity contribution in [3.63, 3.8) is 0 Å². The van der Waals surface area contributed by atoms with Crippen molar-refractivity contribution in [3.05, 3.63) is 63.8 Å². The molecule has 1 aromatic heterocycles. The Hall–Kier alpha value is -2.26. The van der Waals surface area contributed by atoms with Gasteiger partial charge in [0.2, 0.25) is 0 Å². The van der Waals surface area contributed by atoms with Gasteiger partial charge in [-0.15, -0.1) is 0 Å². The third-order valence-electron chi connectivity index (χ3n) is 3.21. The first-order valence-electron chi connectivity index (χ1n) is 6.15. The molecule has 0 saturated carbocycles. The van der Waals surface area contributed by atoms with Crippen molar-refractivity contribution in [2.45, 2.75) is 0 Å². The highest BCUT2D eigenvalue weighted by Crippen LogP contribution is 2.31. The van der Waals surface area contributed by atoms with Gasteiger partial charge in [-0.25, -0.2) is 0 Å². The molecule has 0 spiro atoms. The number of hydrogen-bond acceptors (Lipinski definition) is 2. The molecule has 0 amide bonds. The Bertz CT molecular complexity index is 825. The van der Waals surface area contributed by atoms with Crippen LogP contribution in [0.4, 0.5) is 0 Å². The molecule has 3 rings (SSSR count). The number of ether oxygens (including phenoxy) is 1. The highest BCUT2D eigenvalue weighted by Gasteiger charge is 2.10. The Morgan fingerprint density at radius 3 is 2.55 bits per heavy atom. The molecule has 0 aliphatic heterocycles. The Balaban J connectivity index is 2.33. The minimum atomic E-state index is -0.0674. The second-order valence-corrected chi connectivity index (χ2v) is 4.80. The molecule has 1 N–H and O–H groups in total. The number of hydrogen-bond donors (Lipinski definition) is 1. The Morgan fingerprint density at radius 2 is 1.85 bits per heavy atom. The molecular weight excluding hydrogens is 274 g/mol. The Morgan fingerprint density at radius 1 is 1.10 bits per heavy atom. The first kappa shape index (κ1) is 12.8. The van der Waals surface area contributed by atoms with Crippen LogP contribution in [0.25, 0.3) is 22.2 Å². The van der Waals surface area contributed by atoms with Gasteiger partial charge in [0, 0.05) is 17.1 Å². The predicted molar refractivity (Wildman–Crippen MR) is 81.6 cm³/mol. The number of halogens is 1. The zero-order chi connectivity index (χ0) is 14.1. The van der Waals surface area contributed by atoms with E-state index in [4.69, 9.17) is 16.3 Å². The molecule has 20 heavy (non-hydrogen) atoms. The quantitative estimate of drug-likeness (QED) is 0.777. The van der Waals surface area contributed by atoms with Gasteiger partial charge in [0.05, 0.1) is 12.6 Å². The monoisotopic (exact) mass is 285 g/mol. The van der Waals surface area contributed by atoms with E-state index in [1.165, 1.54) is 0 Å². The molecule has 4 heteroatoms. The summed E-state index contributed by atoms with van der Waals surface area (Å²) in [7, 11) is 1.55. The van der Waals surface area contributed by atoms with Crippen LogP contribution in [0.2, 0.25) is 5.02 Å². The molecule has 0 unspecified atom stereocenters. The lowest BCUT2D eigenvalue weighted by atomic mass is 10.1. The maximum atomic E-state index is 12.2. The van der Waals surface area contributed by atoms with Crippen LogP contribution in [-0.4, -0.2) is 12.1 Å². The Kier molecular flexibility index (Phi) is 3.20. The number of aromatic nitrogens is 1. The molecule has 0 aliphatic carbocycles. The second kappa shape index (κ2) is 5.02. The molecule has 1 heterocycles. The number of fused-ring (bicyclic) bond motifs is 1. The highest BCUT2D eigenvalue weighted by molar-refractivity contribution is 6.36. The van der Waals surface area contributed by atoms with Gasteiger partial charge >= 0.3 is 0 Å². The average molecular weight is 286 g/mol. The van der Waals surface area contributed by atoms with Gasteiger partial charge in [0.15, 0.2) is 5.43 Å². The number of benzene rings is 2. The smallest absolute Gasteiger partial charge is 0.190 e. The van der Waals surface area contributed by atoms with Crippen molar-refractivity contribution in [2.24, 2.45) is 0 Å². The van der Waals surface area contributed by atoms with Gasteiger partial charge in [-0.05, 0) is 17.7 Å². The average Bonchev–Trinajstić information content (AvgIpc) is 2.49. The molecule has 2 aromatic carbocycles. The van der Waals surface area contributed by atoms with Crippen molar-refractivity contribution in [2.75, 3.05) is 7.11 Å². The summed E-state index contributed by atoms with van der Waals surface area (Å²) >= 11 is 6.28. The first-order valence-corrected chi connectivity index (χ1v) is 6.53. The van der Waals surface area contributed by atoms with E-state index in [9.17, 15) is 4.79 Å². The number of methoxy groups -OCH3 is 1. The zero-order valence-electron chi connectivity index (χ0n) is 10.8. The minimum Gasteiger partial charge on any atom is -0.495 e. The van der Waals surface area contributed by atoms with Crippen LogP contribution in [0.3, 0.4) is 0 Å². The maximum Gasteiger partial charge on any atom is 0.190 e. The normalized spacial score (nSPS) is 10.7. The number of nitrogens with one attached hydrogen (secondary N) is 1. The molecular formula is C16H12ClNO2. The summed E-state index contributed by atoms with van der Waals surface area (Å²) in [6, 6.07) is 14.6. The van der Waals surface area contributed by atoms with Gasteiger partial charge in [-0.2, -0.15) is 0 Å². The van der Waals surface area contributed by atoms with Crippen LogP contribution in [0.5, 0.6) is 5.75 Å². The third kappa shape index (κ3) is 2.06. The summed E-state index contributed by atoms with van der Waals surface area (Å²) in [6.07, 6.45) is 0. The molecule has 0 atom stereocenters. The van der Waals surface area contributed by atoms with E-state index in [0.717, 1.165) is 11.3 Å². The van der Waals surface area contributed by atoms with Gasteiger partial charge in [0.1, 0.15) is 10.8 Å². The number of H-pyrrole nitrogens is 1. The molecule has 100 valence electrons. The van der Waals surface area contributed by atoms with Crippen LogP contribution in [0.1, 0.15) is 0 Å². The fraction of sp³-hybridized carbons (Fsp3) is 0.0625. The van der Waals surface area contributed by atoms with Crippen molar-refractivity contribution in [1.82, 2.24) is 4.98 Å². The van der Waals surface area contributed by atoms with E-state index >= 15 is 0 Å². The molecule has 3 nitrogen and oxygen atoms in total. The summed E-state index contributed by atoms with van der Waals surface area (Å²) in [5, 5.41) is 0.968. The summed E-state index contributed by atoms with van der Waals surface area (Å²) < 4.78 is 5.18. The summed E-state index contributed by atoms with van der Waals surface area (Å²) in [6.45, 7) is 0. The van der Waals surface area contributed by atoms with E-state index in [1.807, 2.05) is 30.3 Å². The molecule has 0 fully saturated rings. The van der Waals surface area contributed by atoms with Crippen LogP contribution in [0.15, 0.2) is 53.3 Å². The SMILES string of the molecule is COc1ccc2c(=O)cc(-c3ccccc3)[nH]c2c1Cl. The fourth-order valence-electron chi connectivity index (χ4n) is 2.19. The largest absolute Gasteiger partial charge is 0.495 e. The van der Waals surface area contributed by atoms with Gasteiger partial charge in [0.25, 0.3) is 0 Å². The van der Waals surface area contributed by atoms with E-state index in [1.54, 1.807) is 25.3 Å². The zero-order valence-corrected chi connectivity index (χ0v) is 11.6. The topological polar surface area (TPSA) is 42.1 Å². The number of aromatic amines is 1. The predicted octanol–water partition coefficient (Wildman–Crippen LogP) is 3.86. The van der Waals surface area contributed by atoms with Crippen molar-refractivity contribution in [1.29, 1.82) is 0 Å². The lowest BCUT2D eigenvalue weighted by molar-refractivity contribution is 0.415. The lowest BCUT2D eigenvalue weighted by Gasteiger charge is -2.08. The van der Waals surface area contributed by atoms with E-state index in [2.05, 4.69) is 4.98 Å². The summed E-state index contributed by atoms with van der Waals surface area (Å²) in [4.78, 5) is 15.4. The Labute approximate surface area is 120 Å². The maximum absolute atomic E-state index is 12.2. The second-order valence-electron chi connectivity index (χ2n) is 4.42. The van der Waals surface area contributed by atoms with E-state index < -0.39 is 0 Å². The van der Waals surface area contributed by atoms with Crippen LogP contribution >= 0.6 is 11.6 Å². The number of rotatable bonds is 2. The van der Waals surface area contributed by atoms with Gasteiger partial charge < -0.3 is 9.72 Å². The van der Waals surface area contributed by atoms with E-state index in [0.29, 0.717) is 21.7 Å². The molecule has 0 saturated heterocycles. The minimum absolute atomic E-state index is 0.0674. The van der Waals surface area contributed by atoms with Gasteiger partial charge in [-0.3, -0.25) is 4.79 Å². The highest BCUT2D eigenvalue weighted by atomic mass is 35.5. The van der Waals surface area contributed by atoms with Crippen LogP contribution in [-0.2, 0) is 0 Å². The summed E-state index contributed by atoms with van der Waals surface area (Å²) in [5.41, 5.74) is 2.20. The molecule has 0 radical (unpaired) electrons. The summed E-state index contributed by atoms with van der Waals surface area (Å²) in [5.74, 6) is 0.542. The lowest BCUT2D eigenvalue weighted by Crippen LogP contribution is -2.03. The van der Waals surface area contributed by atoms with Gasteiger partial charge in [-0.1, -0.05) is 41.9 Å². The molecule has 0 bridgehead atoms. The third-order valence-corrected chi connectivity index (χ3v) is 3.59. The van der Waals surface area contributed by atoms with Crippen molar-refractivity contribution >= 4 is 22.5 Å². The van der Waals surface area contributed by atoms with Crippen LogP contribution in [0, 0.1) is 0 Å².